The molecule has 2 heterocycles. The van der Waals surface area contributed by atoms with Crippen molar-refractivity contribution in [3.05, 3.63) is 58.0 Å². The molecule has 3 aromatic rings. The molecule has 3 amide bonds. The molecule has 12 heteroatoms. The Morgan fingerprint density at radius 1 is 1.08 bits per heavy atom. The van der Waals surface area contributed by atoms with E-state index in [0.717, 1.165) is 5.56 Å². The Kier molecular flexibility index (Phi) is 8.24. The van der Waals surface area contributed by atoms with Crippen LogP contribution in [0.25, 0.3) is 17.1 Å². The number of aromatic amines is 1. The quantitative estimate of drug-likeness (QED) is 0.292. The molecule has 1 aromatic heterocycles. The van der Waals surface area contributed by atoms with Crippen LogP contribution in [0, 0.1) is 0 Å². The summed E-state index contributed by atoms with van der Waals surface area (Å²) in [6.07, 6.45) is 0.443. The van der Waals surface area contributed by atoms with Gasteiger partial charge in [-0.1, -0.05) is 32.9 Å². The summed E-state index contributed by atoms with van der Waals surface area (Å²) in [5.74, 6) is -0.498. The van der Waals surface area contributed by atoms with Gasteiger partial charge in [0.15, 0.2) is 5.82 Å². The average molecular weight is 538 g/mol. The van der Waals surface area contributed by atoms with Gasteiger partial charge in [0.1, 0.15) is 17.5 Å². The van der Waals surface area contributed by atoms with E-state index in [1.54, 1.807) is 17.9 Å². The second kappa shape index (κ2) is 11.6. The van der Waals surface area contributed by atoms with Crippen LogP contribution in [0.5, 0.6) is 11.5 Å². The van der Waals surface area contributed by atoms with E-state index in [0.29, 0.717) is 56.0 Å². The van der Waals surface area contributed by atoms with Gasteiger partial charge in [-0.05, 0) is 41.7 Å². The molecular formula is C27H35N7O5. The Labute approximate surface area is 226 Å². The molecule has 12 nitrogen and oxygen atoms in total. The van der Waals surface area contributed by atoms with Crippen molar-refractivity contribution < 1.29 is 19.8 Å². The maximum atomic E-state index is 12.7. The number of aromatic hydroxyl groups is 2. The highest BCUT2D eigenvalue weighted by Crippen LogP contribution is 2.37. The van der Waals surface area contributed by atoms with Crippen LogP contribution in [0.4, 0.5) is 4.79 Å². The summed E-state index contributed by atoms with van der Waals surface area (Å²) in [6, 6.07) is 9.43. The number of nitrogens with one attached hydrogen (secondary N) is 2. The average Bonchev–Trinajstić information content (AvgIpc) is 3.28. The van der Waals surface area contributed by atoms with Gasteiger partial charge in [0, 0.05) is 38.8 Å². The number of nitrogens with two attached hydrogens (primary N) is 1. The van der Waals surface area contributed by atoms with Crippen LogP contribution < -0.4 is 16.7 Å². The van der Waals surface area contributed by atoms with Crippen molar-refractivity contribution in [2.24, 2.45) is 5.73 Å². The first-order valence-corrected chi connectivity index (χ1v) is 13.0. The van der Waals surface area contributed by atoms with E-state index < -0.39 is 17.6 Å². The Hall–Kier alpha value is -4.32. The number of amides is 3. The molecule has 0 saturated carbocycles. The molecule has 0 spiro atoms. The predicted octanol–water partition coefficient (Wildman–Crippen LogP) is 1.85. The van der Waals surface area contributed by atoms with Crippen molar-refractivity contribution in [3.8, 4) is 28.6 Å². The Morgan fingerprint density at radius 3 is 2.33 bits per heavy atom. The fourth-order valence-electron chi connectivity index (χ4n) is 4.69. The summed E-state index contributed by atoms with van der Waals surface area (Å²) in [4.78, 5) is 40.4. The lowest BCUT2D eigenvalue weighted by Crippen LogP contribution is -2.55. The molecule has 208 valence electrons. The van der Waals surface area contributed by atoms with E-state index in [2.05, 4.69) is 20.4 Å². The number of phenolic OH excluding ortho intramolecular Hbond substituents is 2. The normalized spacial score (nSPS) is 14.9. The smallest absolute Gasteiger partial charge is 0.348 e. The zero-order chi connectivity index (χ0) is 28.3. The van der Waals surface area contributed by atoms with Crippen LogP contribution in [0.3, 0.4) is 0 Å². The molecule has 1 aliphatic heterocycles. The minimum Gasteiger partial charge on any atom is -0.508 e. The number of carbonyl (C=O) groups is 2. The SMILES string of the molecule is CCC(NC(=O)N1CCN(Cc2ccc(-n3c(-c4cc(C(C)C)c(O)cc4O)n[nH]c3=O)cc2)CC1)C(N)=O. The number of primary amides is 1. The topological polar surface area (TPSA) is 170 Å². The summed E-state index contributed by atoms with van der Waals surface area (Å²) in [5, 5.41) is 30.0. The van der Waals surface area contributed by atoms with Crippen LogP contribution in [0.1, 0.15) is 44.2 Å². The lowest BCUT2D eigenvalue weighted by Gasteiger charge is -2.35. The van der Waals surface area contributed by atoms with Gasteiger partial charge >= 0.3 is 11.7 Å². The van der Waals surface area contributed by atoms with Crippen LogP contribution in [-0.2, 0) is 11.3 Å². The third-order valence-electron chi connectivity index (χ3n) is 6.99. The van der Waals surface area contributed by atoms with Crippen LogP contribution in [-0.4, -0.2) is 78.9 Å². The lowest BCUT2D eigenvalue weighted by atomic mass is 9.98. The highest BCUT2D eigenvalue weighted by molar-refractivity contribution is 5.85. The van der Waals surface area contributed by atoms with E-state index in [1.807, 2.05) is 38.1 Å². The van der Waals surface area contributed by atoms with Crippen LogP contribution in [0.2, 0.25) is 0 Å². The van der Waals surface area contributed by atoms with Gasteiger partial charge in [0.05, 0.1) is 11.3 Å². The van der Waals surface area contributed by atoms with E-state index in [-0.39, 0.29) is 29.3 Å². The molecule has 6 N–H and O–H groups in total. The van der Waals surface area contributed by atoms with Crippen molar-refractivity contribution in [3.63, 3.8) is 0 Å². The maximum absolute atomic E-state index is 12.7. The first-order chi connectivity index (χ1) is 18.6. The second-order valence-electron chi connectivity index (χ2n) is 10.0. The van der Waals surface area contributed by atoms with E-state index >= 15 is 0 Å². The number of hydrogen-bond donors (Lipinski definition) is 5. The van der Waals surface area contributed by atoms with Gasteiger partial charge in [-0.2, -0.15) is 5.10 Å². The molecule has 2 aromatic carbocycles. The Bertz CT molecular complexity index is 1390. The number of urea groups is 1. The molecule has 0 aliphatic carbocycles. The summed E-state index contributed by atoms with van der Waals surface area (Å²) < 4.78 is 1.38. The molecule has 1 aliphatic rings. The summed E-state index contributed by atoms with van der Waals surface area (Å²) >= 11 is 0. The molecule has 1 fully saturated rings. The highest BCUT2D eigenvalue weighted by Gasteiger charge is 2.24. The predicted molar refractivity (Wildman–Crippen MR) is 146 cm³/mol. The summed E-state index contributed by atoms with van der Waals surface area (Å²) in [7, 11) is 0. The van der Waals surface area contributed by atoms with Crippen molar-refractivity contribution in [1.82, 2.24) is 29.9 Å². The molecular weight excluding hydrogens is 502 g/mol. The molecule has 1 saturated heterocycles. The molecule has 0 radical (unpaired) electrons. The van der Waals surface area contributed by atoms with Crippen LogP contribution >= 0.6 is 0 Å². The minimum atomic E-state index is -0.674. The third-order valence-corrected chi connectivity index (χ3v) is 6.99. The van der Waals surface area contributed by atoms with Crippen molar-refractivity contribution >= 4 is 11.9 Å². The van der Waals surface area contributed by atoms with Gasteiger partial charge in [-0.3, -0.25) is 9.69 Å². The Balaban J connectivity index is 1.44. The minimum absolute atomic E-state index is 0.00222. The molecule has 1 atom stereocenters. The van der Waals surface area contributed by atoms with Crippen molar-refractivity contribution in [1.29, 1.82) is 0 Å². The van der Waals surface area contributed by atoms with E-state index in [4.69, 9.17) is 5.73 Å². The van der Waals surface area contributed by atoms with Gasteiger partial charge in [-0.25, -0.2) is 19.3 Å². The van der Waals surface area contributed by atoms with Gasteiger partial charge in [0.25, 0.3) is 0 Å². The van der Waals surface area contributed by atoms with Gasteiger partial charge < -0.3 is 26.2 Å². The van der Waals surface area contributed by atoms with Gasteiger partial charge in [-0.15, -0.1) is 0 Å². The monoisotopic (exact) mass is 537 g/mol. The fourth-order valence-corrected chi connectivity index (χ4v) is 4.69. The standard InChI is InChI=1S/C27H35N7O5/c1-4-21(24(28)37)29-26(38)33-11-9-32(10-12-33)15-17-5-7-18(8-6-17)34-25(30-31-27(34)39)20-13-19(16(2)3)22(35)14-23(20)36/h5-8,13-14,16,21,35-36H,4,9-12,15H2,1-3H3,(H2,28,37)(H,29,38)(H,31,39). The fraction of sp³-hybridized carbons (Fsp3) is 0.407. The number of carbonyl (C=O) groups excluding carboxylic acids is 2. The first-order valence-electron chi connectivity index (χ1n) is 13.0. The highest BCUT2D eigenvalue weighted by atomic mass is 16.3. The number of benzene rings is 2. The zero-order valence-electron chi connectivity index (χ0n) is 22.3. The maximum Gasteiger partial charge on any atom is 0.348 e. The number of piperazine rings is 1. The van der Waals surface area contributed by atoms with Crippen LogP contribution in [0.15, 0.2) is 41.2 Å². The number of nitrogens with zero attached hydrogens (tertiary/aromatic N) is 4. The number of phenols is 2. The summed E-state index contributed by atoms with van der Waals surface area (Å²) in [5.41, 5.74) is 7.45. The van der Waals surface area contributed by atoms with E-state index in [9.17, 15) is 24.6 Å². The number of hydrogen-bond acceptors (Lipinski definition) is 7. The molecule has 4 rings (SSSR count). The Morgan fingerprint density at radius 2 is 1.74 bits per heavy atom. The first kappa shape index (κ1) is 27.7. The van der Waals surface area contributed by atoms with Crippen molar-refractivity contribution in [2.75, 3.05) is 26.2 Å². The van der Waals surface area contributed by atoms with Crippen molar-refractivity contribution in [2.45, 2.75) is 45.7 Å². The van der Waals surface area contributed by atoms with Gasteiger partial charge in [0.2, 0.25) is 5.91 Å². The van der Waals surface area contributed by atoms with E-state index in [1.165, 1.54) is 10.6 Å². The number of rotatable bonds is 8. The molecule has 39 heavy (non-hydrogen) atoms. The largest absolute Gasteiger partial charge is 0.508 e. The second-order valence-corrected chi connectivity index (χ2v) is 10.0. The zero-order valence-corrected chi connectivity index (χ0v) is 22.3. The third kappa shape index (κ3) is 6.06. The number of H-pyrrole nitrogens is 1. The molecule has 0 bridgehead atoms. The molecule has 1 unspecified atom stereocenters. The number of aromatic nitrogens is 3. The lowest BCUT2D eigenvalue weighted by molar-refractivity contribution is -0.119. The summed E-state index contributed by atoms with van der Waals surface area (Å²) in [6.45, 7) is 8.71.